The van der Waals surface area contributed by atoms with Gasteiger partial charge in [0.1, 0.15) is 5.60 Å². The first-order chi connectivity index (χ1) is 12.0. The molecule has 4 heteroatoms. The van der Waals surface area contributed by atoms with Crippen LogP contribution in [0.15, 0.2) is 11.6 Å². The van der Waals surface area contributed by atoms with Crippen LogP contribution in [0.25, 0.3) is 0 Å². The molecule has 0 heterocycles. The molecule has 0 bridgehead atoms. The predicted molar refractivity (Wildman–Crippen MR) is 98.3 cm³/mol. The van der Waals surface area contributed by atoms with Gasteiger partial charge in [-0.15, -0.1) is 0 Å². The molecule has 8 atom stereocenters. The SMILES string of the molecule is CC(=O)[C@]1(O)CC[C@H]2[C@@H]3C[C@H](C)C4=CC(=O)CC[C@]4(C)[C@H]3[C@@H](O)C[C@@]21C. The second-order valence-corrected chi connectivity index (χ2v) is 10.1. The number of ketones is 2. The van der Waals surface area contributed by atoms with E-state index in [9.17, 15) is 19.8 Å². The lowest BCUT2D eigenvalue weighted by Gasteiger charge is -2.61. The summed E-state index contributed by atoms with van der Waals surface area (Å²) in [4.78, 5) is 24.3. The van der Waals surface area contributed by atoms with Gasteiger partial charge in [0.05, 0.1) is 6.10 Å². The van der Waals surface area contributed by atoms with Crippen LogP contribution in [0.1, 0.15) is 66.2 Å². The van der Waals surface area contributed by atoms with Gasteiger partial charge in [0.25, 0.3) is 0 Å². The second-order valence-electron chi connectivity index (χ2n) is 10.1. The molecule has 3 saturated carbocycles. The summed E-state index contributed by atoms with van der Waals surface area (Å²) >= 11 is 0. The summed E-state index contributed by atoms with van der Waals surface area (Å²) in [6, 6.07) is 0. The van der Waals surface area contributed by atoms with Gasteiger partial charge in [-0.2, -0.15) is 0 Å². The summed E-state index contributed by atoms with van der Waals surface area (Å²) in [6.45, 7) is 7.94. The van der Waals surface area contributed by atoms with E-state index >= 15 is 0 Å². The van der Waals surface area contributed by atoms with Crippen molar-refractivity contribution in [2.24, 2.45) is 34.5 Å². The molecule has 4 aliphatic rings. The largest absolute Gasteiger partial charge is 0.393 e. The summed E-state index contributed by atoms with van der Waals surface area (Å²) in [6.07, 6.45) is 5.44. The fourth-order valence-corrected chi connectivity index (χ4v) is 7.70. The van der Waals surface area contributed by atoms with Gasteiger partial charge >= 0.3 is 0 Å². The van der Waals surface area contributed by atoms with Crippen LogP contribution < -0.4 is 0 Å². The molecule has 0 aromatic carbocycles. The highest BCUT2D eigenvalue weighted by Crippen LogP contribution is 2.68. The van der Waals surface area contributed by atoms with Crippen molar-refractivity contribution < 1.29 is 19.8 Å². The van der Waals surface area contributed by atoms with E-state index in [-0.39, 0.29) is 28.8 Å². The topological polar surface area (TPSA) is 74.6 Å². The Morgan fingerprint density at radius 1 is 1.27 bits per heavy atom. The minimum Gasteiger partial charge on any atom is -0.393 e. The molecular weight excluding hydrogens is 328 g/mol. The van der Waals surface area contributed by atoms with Gasteiger partial charge < -0.3 is 10.2 Å². The highest BCUT2D eigenvalue weighted by atomic mass is 16.3. The quantitative estimate of drug-likeness (QED) is 0.754. The number of carbonyl (C=O) groups excluding carboxylic acids is 2. The van der Waals surface area contributed by atoms with E-state index in [1.165, 1.54) is 12.5 Å². The number of carbonyl (C=O) groups is 2. The molecule has 0 aliphatic heterocycles. The van der Waals surface area contributed by atoms with Crippen LogP contribution in [0.4, 0.5) is 0 Å². The number of aliphatic hydroxyl groups excluding tert-OH is 1. The zero-order valence-electron chi connectivity index (χ0n) is 16.4. The van der Waals surface area contributed by atoms with Crippen molar-refractivity contribution in [3.63, 3.8) is 0 Å². The van der Waals surface area contributed by atoms with E-state index in [2.05, 4.69) is 13.8 Å². The van der Waals surface area contributed by atoms with E-state index in [1.54, 1.807) is 0 Å². The molecule has 4 aliphatic carbocycles. The second kappa shape index (κ2) is 5.51. The highest BCUT2D eigenvalue weighted by Gasteiger charge is 2.68. The Balaban J connectivity index is 1.79. The van der Waals surface area contributed by atoms with Crippen molar-refractivity contribution in [1.29, 1.82) is 0 Å². The van der Waals surface area contributed by atoms with Crippen LogP contribution in [0.2, 0.25) is 0 Å². The highest BCUT2D eigenvalue weighted by molar-refractivity contribution is 5.91. The van der Waals surface area contributed by atoms with Crippen LogP contribution in [0, 0.1) is 34.5 Å². The smallest absolute Gasteiger partial charge is 0.161 e. The number of allylic oxidation sites excluding steroid dienone is 1. The lowest BCUT2D eigenvalue weighted by atomic mass is 9.44. The van der Waals surface area contributed by atoms with E-state index in [4.69, 9.17) is 0 Å². The van der Waals surface area contributed by atoms with Crippen LogP contribution in [0.3, 0.4) is 0 Å². The molecule has 3 fully saturated rings. The molecule has 0 aromatic heterocycles. The average Bonchev–Trinajstić information content (AvgIpc) is 2.81. The molecule has 144 valence electrons. The van der Waals surface area contributed by atoms with Crippen molar-refractivity contribution in [2.75, 3.05) is 0 Å². The molecule has 0 saturated heterocycles. The van der Waals surface area contributed by atoms with Crippen LogP contribution in [-0.2, 0) is 9.59 Å². The molecule has 0 spiro atoms. The number of fused-ring (bicyclic) bond motifs is 5. The van der Waals surface area contributed by atoms with E-state index < -0.39 is 17.1 Å². The van der Waals surface area contributed by atoms with Gasteiger partial charge in [-0.05, 0) is 74.2 Å². The van der Waals surface area contributed by atoms with Crippen molar-refractivity contribution in [2.45, 2.75) is 77.9 Å². The summed E-state index contributed by atoms with van der Waals surface area (Å²) in [5, 5.41) is 22.5. The third-order valence-corrected chi connectivity index (χ3v) is 8.95. The fourth-order valence-electron chi connectivity index (χ4n) is 7.70. The molecule has 2 N–H and O–H groups in total. The lowest BCUT2D eigenvalue weighted by molar-refractivity contribution is -0.181. The zero-order valence-corrected chi connectivity index (χ0v) is 16.4. The summed E-state index contributed by atoms with van der Waals surface area (Å²) in [5.41, 5.74) is -0.792. The van der Waals surface area contributed by atoms with E-state index in [0.29, 0.717) is 31.1 Å². The Bertz CT molecular complexity index is 696. The van der Waals surface area contributed by atoms with Gasteiger partial charge in [-0.25, -0.2) is 0 Å². The molecule has 26 heavy (non-hydrogen) atoms. The third kappa shape index (κ3) is 2.09. The zero-order chi connectivity index (χ0) is 19.1. The van der Waals surface area contributed by atoms with Gasteiger partial charge in [0, 0.05) is 11.8 Å². The first kappa shape index (κ1) is 18.4. The maximum absolute atomic E-state index is 12.3. The fraction of sp³-hybridized carbons (Fsp3) is 0.818. The predicted octanol–water partition coefficient (Wildman–Crippen LogP) is 3.06. The monoisotopic (exact) mass is 360 g/mol. The number of aliphatic hydroxyl groups is 2. The van der Waals surface area contributed by atoms with Gasteiger partial charge in [0.15, 0.2) is 11.6 Å². The Morgan fingerprint density at radius 3 is 2.62 bits per heavy atom. The number of hydrogen-bond acceptors (Lipinski definition) is 4. The van der Waals surface area contributed by atoms with Gasteiger partial charge in [0.2, 0.25) is 0 Å². The van der Waals surface area contributed by atoms with Crippen LogP contribution >= 0.6 is 0 Å². The van der Waals surface area contributed by atoms with Crippen molar-refractivity contribution >= 4 is 11.6 Å². The maximum Gasteiger partial charge on any atom is 0.161 e. The van der Waals surface area contributed by atoms with E-state index in [1.807, 2.05) is 13.0 Å². The third-order valence-electron chi connectivity index (χ3n) is 8.95. The first-order valence-electron chi connectivity index (χ1n) is 10.2. The van der Waals surface area contributed by atoms with Crippen molar-refractivity contribution in [3.8, 4) is 0 Å². The molecule has 4 rings (SSSR count). The molecule has 0 amide bonds. The number of hydrogen-bond donors (Lipinski definition) is 2. The lowest BCUT2D eigenvalue weighted by Crippen LogP contribution is -2.62. The molecule has 0 radical (unpaired) electrons. The molecule has 0 aromatic rings. The number of Topliss-reactive ketones (excluding diaryl/α,β-unsaturated/α-hetero) is 1. The van der Waals surface area contributed by atoms with Gasteiger partial charge in [-0.1, -0.05) is 26.3 Å². The van der Waals surface area contributed by atoms with Crippen molar-refractivity contribution in [3.05, 3.63) is 11.6 Å². The minimum absolute atomic E-state index is 0.116. The Hall–Kier alpha value is -1.00. The average molecular weight is 360 g/mol. The number of rotatable bonds is 1. The van der Waals surface area contributed by atoms with Crippen LogP contribution in [0.5, 0.6) is 0 Å². The minimum atomic E-state index is -1.31. The Labute approximate surface area is 156 Å². The van der Waals surface area contributed by atoms with Crippen LogP contribution in [-0.4, -0.2) is 33.5 Å². The van der Waals surface area contributed by atoms with E-state index in [0.717, 1.165) is 19.3 Å². The summed E-state index contributed by atoms with van der Waals surface area (Å²) < 4.78 is 0. The summed E-state index contributed by atoms with van der Waals surface area (Å²) in [5.74, 6) is 1.03. The molecular formula is C22H32O4. The standard InChI is InChI=1S/C22H32O4/c1-12-9-15-16-6-8-22(26,13(2)23)21(16,4)11-18(25)19(15)20(3)7-5-14(24)10-17(12)20/h10,12,15-16,18-19,25-26H,5-9,11H2,1-4H3/t12-,15-,16-,18-,19+,20-,21-,22+/m0/s1. The van der Waals surface area contributed by atoms with Crippen molar-refractivity contribution in [1.82, 2.24) is 0 Å². The summed E-state index contributed by atoms with van der Waals surface area (Å²) in [7, 11) is 0. The molecule has 0 unspecified atom stereocenters. The normalized spacial score (nSPS) is 53.4. The first-order valence-corrected chi connectivity index (χ1v) is 10.2. The molecule has 4 nitrogen and oxygen atoms in total. The van der Waals surface area contributed by atoms with Gasteiger partial charge in [-0.3, -0.25) is 9.59 Å². The Morgan fingerprint density at radius 2 is 1.96 bits per heavy atom. The Kier molecular flexibility index (Phi) is 3.89. The maximum atomic E-state index is 12.3.